The van der Waals surface area contributed by atoms with Crippen molar-refractivity contribution in [2.45, 2.75) is 138 Å². The third-order valence-corrected chi connectivity index (χ3v) is 11.1. The molecule has 28 nitrogen and oxygen atoms in total. The van der Waals surface area contributed by atoms with Crippen molar-refractivity contribution in [1.29, 1.82) is 5.41 Å². The Bertz CT molecular complexity index is 1960. The predicted molar refractivity (Wildman–Crippen MR) is 262 cm³/mol. The van der Waals surface area contributed by atoms with E-state index in [0.717, 1.165) is 11.0 Å². The minimum atomic E-state index is -5.06. The van der Waals surface area contributed by atoms with Crippen LogP contribution in [0, 0.1) is 5.41 Å². The molecule has 8 amide bonds. The summed E-state index contributed by atoms with van der Waals surface area (Å²) >= 11 is 0. The van der Waals surface area contributed by atoms with Gasteiger partial charge in [-0.15, -0.1) is 0 Å². The Labute approximate surface area is 425 Å². The number of carbonyl (C=O) groups excluding carboxylic acids is 8. The van der Waals surface area contributed by atoms with Gasteiger partial charge in [0, 0.05) is 19.6 Å². The molecule has 1 rings (SSSR count). The average molecular weight is 1060 g/mol. The number of carboxylic acid groups (broad SMARTS) is 1. The fourth-order valence-corrected chi connectivity index (χ4v) is 7.21. The summed E-state index contributed by atoms with van der Waals surface area (Å²) in [5.41, 5.74) is 38.0. The van der Waals surface area contributed by atoms with Crippen LogP contribution in [0.2, 0.25) is 0 Å². The summed E-state index contributed by atoms with van der Waals surface area (Å²) in [5, 5.41) is 43.2. The molecular weight excluding hydrogens is 988 g/mol. The monoisotopic (exact) mass is 1060 g/mol. The van der Waals surface area contributed by atoms with Gasteiger partial charge < -0.3 is 92.5 Å². The number of aliphatic carboxylic acids is 1. The molecule has 1 fully saturated rings. The molecule has 1 aliphatic heterocycles. The minimum absolute atomic E-state index is 0.00380. The molecule has 1 aliphatic rings. The lowest BCUT2D eigenvalue weighted by atomic mass is 10.1. The van der Waals surface area contributed by atoms with E-state index < -0.39 is 139 Å². The lowest BCUT2D eigenvalue weighted by Crippen LogP contribution is -2.60. The normalized spacial score (nSPS) is 16.4. The van der Waals surface area contributed by atoms with Crippen LogP contribution in [0.5, 0.6) is 0 Å². The Morgan fingerprint density at radius 3 is 1.92 bits per heavy atom. The van der Waals surface area contributed by atoms with Gasteiger partial charge in [-0.3, -0.25) is 43.8 Å². The number of aliphatic imine (C=N–C) groups is 1. The second kappa shape index (κ2) is 34.9. The number of unbranched alkanes of at least 4 members (excludes halogenated alkanes) is 2. The molecular formula is C43H76F3N17O11. The number of likely N-dealkylation sites (tertiary alicyclic amines) is 1. The number of guanidine groups is 1. The van der Waals surface area contributed by atoms with Crippen LogP contribution in [0.25, 0.3) is 0 Å². The molecule has 0 aromatic rings. The second-order valence-corrected chi connectivity index (χ2v) is 17.2. The number of nitrogens with zero attached hydrogens (tertiary/aromatic N) is 2. The van der Waals surface area contributed by atoms with Gasteiger partial charge in [0.2, 0.25) is 35.4 Å². The van der Waals surface area contributed by atoms with Crippen molar-refractivity contribution in [3.8, 4) is 0 Å². The van der Waals surface area contributed by atoms with Crippen molar-refractivity contribution in [2.24, 2.45) is 45.1 Å². The molecule has 0 unspecified atom stereocenters. The van der Waals surface area contributed by atoms with E-state index in [2.05, 4.69) is 36.9 Å². The molecule has 0 radical (unpaired) electrons. The van der Waals surface area contributed by atoms with E-state index in [-0.39, 0.29) is 96.9 Å². The van der Waals surface area contributed by atoms with Crippen LogP contribution in [0.15, 0.2) is 16.8 Å². The Kier molecular flexibility index (Phi) is 31.0. The number of nitrogens with one attached hydrogen (secondary N) is 8. The largest absolute Gasteiger partial charge is 0.477 e. The first-order chi connectivity index (χ1) is 34.9. The maximum absolute atomic E-state index is 14.0. The zero-order chi connectivity index (χ0) is 56.0. The van der Waals surface area contributed by atoms with Crippen LogP contribution in [-0.2, 0) is 43.2 Å². The molecule has 0 aromatic heterocycles. The highest BCUT2D eigenvalue weighted by Gasteiger charge is 2.42. The number of hydrogen-bond acceptors (Lipinski definition) is 17. The van der Waals surface area contributed by atoms with E-state index in [1.54, 1.807) is 0 Å². The molecule has 74 heavy (non-hydrogen) atoms. The van der Waals surface area contributed by atoms with Crippen molar-refractivity contribution in [3.63, 3.8) is 0 Å². The number of halogens is 3. The number of aliphatic hydroxyl groups excluding tert-OH is 1. The van der Waals surface area contributed by atoms with Gasteiger partial charge in [-0.25, -0.2) is 9.79 Å². The minimum Gasteiger partial charge on any atom is -0.477 e. The molecule has 0 saturated carbocycles. The number of amides is 8. The highest BCUT2D eigenvalue weighted by atomic mass is 19.4. The van der Waals surface area contributed by atoms with Gasteiger partial charge in [0.25, 0.3) is 11.8 Å². The molecule has 7 atom stereocenters. The van der Waals surface area contributed by atoms with E-state index in [9.17, 15) is 66.5 Å². The van der Waals surface area contributed by atoms with Crippen LogP contribution >= 0.6 is 0 Å². The summed E-state index contributed by atoms with van der Waals surface area (Å²) in [5.74, 6) is -10.6. The number of aliphatic hydroxyl groups is 1. The Balaban J connectivity index is 3.33. The topological polar surface area (TPSA) is 500 Å². The molecule has 0 bridgehead atoms. The van der Waals surface area contributed by atoms with Gasteiger partial charge in [-0.1, -0.05) is 12.5 Å². The van der Waals surface area contributed by atoms with Crippen molar-refractivity contribution in [3.05, 3.63) is 11.8 Å². The van der Waals surface area contributed by atoms with Gasteiger partial charge in [-0.05, 0) is 103 Å². The first-order valence-corrected chi connectivity index (χ1v) is 24.2. The molecule has 1 saturated heterocycles. The summed E-state index contributed by atoms with van der Waals surface area (Å²) in [7, 11) is 0. The second-order valence-electron chi connectivity index (χ2n) is 17.2. The molecule has 0 spiro atoms. The fourth-order valence-electron chi connectivity index (χ4n) is 7.21. The highest BCUT2D eigenvalue weighted by molar-refractivity contribution is 6.40. The van der Waals surface area contributed by atoms with Gasteiger partial charge >= 0.3 is 12.1 Å². The van der Waals surface area contributed by atoms with Gasteiger partial charge in [0.15, 0.2) is 5.96 Å². The lowest BCUT2D eigenvalue weighted by molar-refractivity contribution is -0.153. The van der Waals surface area contributed by atoms with Crippen LogP contribution in [-0.4, -0.2) is 181 Å². The summed E-state index contributed by atoms with van der Waals surface area (Å²) in [6.45, 7) is -0.886. The van der Waals surface area contributed by atoms with Crippen molar-refractivity contribution < 1.29 is 66.5 Å². The zero-order valence-electron chi connectivity index (χ0n) is 41.3. The highest BCUT2D eigenvalue weighted by Crippen LogP contribution is 2.24. The van der Waals surface area contributed by atoms with Crippen LogP contribution < -0.4 is 77.4 Å². The van der Waals surface area contributed by atoms with E-state index in [1.807, 2.05) is 5.32 Å². The number of rotatable bonds is 35. The third-order valence-electron chi connectivity index (χ3n) is 11.1. The van der Waals surface area contributed by atoms with Gasteiger partial charge in [-0.2, -0.15) is 13.2 Å². The SMILES string of the molecule is N=C(N)NCC/C=C(\NC(=O)[C@H](CCCCN)NC(=O)[C@H](CC(F)(F)F)NC(=O)[C@@H]1CCCN1C(=O)/C(CCCN)=N/C(=O)CNC(=O)[C@H](CCCN)NC(=O)[C@@H](NC(=O)[C@@H](N)CCCCN)[C@@H](O)CN)C(=O)O. The Morgan fingerprint density at radius 2 is 1.34 bits per heavy atom. The summed E-state index contributed by atoms with van der Waals surface area (Å²) in [4.78, 5) is 124. The van der Waals surface area contributed by atoms with E-state index in [0.29, 0.717) is 25.8 Å². The molecule has 0 aliphatic carbocycles. The standard InChI is InChI=1S/C43H76F3N17O11/c44-43(45,46)21-29(37(69)58-26(10-2-4-16-48)36(68)60-28(41(73)74)13-7-19-55-42(53)54)61-38(70)30-14-8-20-63(30)40(72)27(12-6-18-50)57-32(65)23-56-35(67)25(11-5-17-49)59-39(71)33(31(64)22-51)62-34(66)24(52)9-1-3-15-47/h13,24-26,29-31,33,64H,1-12,14-23,47-52H2,(H,56,67)(H,58,69)(H,59,71)(H,60,68)(H,61,70)(H,62,66)(H,73,74)(H4,53,54,55)/b28-13-,57-27+/t24-,25-,26-,29-,30-,31-,33-/m0/s1. The maximum atomic E-state index is 14.0. The molecule has 0 aromatic carbocycles. The van der Waals surface area contributed by atoms with Crippen LogP contribution in [0.3, 0.4) is 0 Å². The lowest BCUT2D eigenvalue weighted by Gasteiger charge is -2.28. The quantitative estimate of drug-likeness (QED) is 0.0122. The molecule has 1 heterocycles. The van der Waals surface area contributed by atoms with Crippen LogP contribution in [0.1, 0.15) is 89.9 Å². The van der Waals surface area contributed by atoms with Gasteiger partial charge in [0.05, 0.1) is 25.1 Å². The molecule has 420 valence electrons. The fraction of sp³-hybridized carbons (Fsp3) is 0.698. The van der Waals surface area contributed by atoms with Crippen molar-refractivity contribution in [2.75, 3.05) is 52.4 Å². The summed E-state index contributed by atoms with van der Waals surface area (Å²) in [6.07, 6.45) is -5.99. The summed E-state index contributed by atoms with van der Waals surface area (Å²) < 4.78 is 41.9. The van der Waals surface area contributed by atoms with E-state index >= 15 is 0 Å². The average Bonchev–Trinajstić information content (AvgIpc) is 3.84. The third kappa shape index (κ3) is 25.0. The molecule has 24 N–H and O–H groups in total. The molecule has 31 heteroatoms. The first kappa shape index (κ1) is 65.6. The van der Waals surface area contributed by atoms with Crippen molar-refractivity contribution in [1.82, 2.24) is 42.1 Å². The predicted octanol–water partition coefficient (Wildman–Crippen LogP) is -5.71. The first-order valence-electron chi connectivity index (χ1n) is 24.2. The van der Waals surface area contributed by atoms with Crippen molar-refractivity contribution >= 4 is 64.9 Å². The Morgan fingerprint density at radius 1 is 0.743 bits per heavy atom. The smallest absolute Gasteiger partial charge is 0.391 e. The van der Waals surface area contributed by atoms with E-state index in [1.165, 1.54) is 0 Å². The van der Waals surface area contributed by atoms with Crippen LogP contribution in [0.4, 0.5) is 13.2 Å². The number of hydrogen-bond donors (Lipinski definition) is 17. The van der Waals surface area contributed by atoms with E-state index in [4.69, 9.17) is 45.5 Å². The Hall–Kier alpha value is -6.38. The van der Waals surface area contributed by atoms with Gasteiger partial charge in [0.1, 0.15) is 41.6 Å². The number of carbonyl (C=O) groups is 9. The number of nitrogens with two attached hydrogens (primary N) is 7. The zero-order valence-corrected chi connectivity index (χ0v) is 41.3. The number of carboxylic acids is 1. The summed E-state index contributed by atoms with van der Waals surface area (Å²) in [6, 6.07) is -9.55. The maximum Gasteiger partial charge on any atom is 0.391 e. The number of alkyl halides is 3.